The summed E-state index contributed by atoms with van der Waals surface area (Å²) in [4.78, 5) is 24.4. The quantitative estimate of drug-likeness (QED) is 0.549. The van der Waals surface area contributed by atoms with E-state index in [0.717, 1.165) is 38.6 Å². The van der Waals surface area contributed by atoms with Crippen molar-refractivity contribution in [2.45, 2.75) is 51.1 Å². The van der Waals surface area contributed by atoms with Crippen LogP contribution in [0.1, 0.15) is 39.0 Å². The molecule has 2 N–H and O–H groups in total. The number of hydrogen-bond acceptors (Lipinski definition) is 3. The van der Waals surface area contributed by atoms with Crippen molar-refractivity contribution in [3.63, 3.8) is 0 Å². The van der Waals surface area contributed by atoms with Gasteiger partial charge in [-0.15, -0.1) is 0 Å². The van der Waals surface area contributed by atoms with Gasteiger partial charge < -0.3 is 10.4 Å². The fourth-order valence-corrected chi connectivity index (χ4v) is 2.67. The van der Waals surface area contributed by atoms with Crippen molar-refractivity contribution in [3.05, 3.63) is 11.8 Å². The molecule has 0 aliphatic carbocycles. The molecule has 0 aromatic carbocycles. The first kappa shape index (κ1) is 13.1. The summed E-state index contributed by atoms with van der Waals surface area (Å²) < 4.78 is 0. The van der Waals surface area contributed by atoms with E-state index < -0.39 is 5.97 Å². The standard InChI is InChI=1S/C13H20N2O3/c1-2-3-4-8-14-11-9-6-5-7-10(13(17)18)15(9)12(11)16/h7,9,11,14H,2-6,8H2,1H3,(H,17,18)/t9-,11+/m1/s1. The molecule has 2 heterocycles. The van der Waals surface area contributed by atoms with E-state index in [4.69, 9.17) is 5.11 Å². The smallest absolute Gasteiger partial charge is 0.352 e. The van der Waals surface area contributed by atoms with E-state index in [1.54, 1.807) is 6.08 Å². The molecule has 0 spiro atoms. The van der Waals surface area contributed by atoms with Crippen LogP contribution in [0.4, 0.5) is 0 Å². The first-order chi connectivity index (χ1) is 8.66. The summed E-state index contributed by atoms with van der Waals surface area (Å²) in [6.07, 6.45) is 6.61. The Bertz CT molecular complexity index is 378. The summed E-state index contributed by atoms with van der Waals surface area (Å²) in [5.74, 6) is -1.10. The lowest BCUT2D eigenvalue weighted by Gasteiger charge is -2.49. The highest BCUT2D eigenvalue weighted by molar-refractivity contribution is 5.99. The minimum Gasteiger partial charge on any atom is -0.477 e. The lowest BCUT2D eigenvalue weighted by Crippen LogP contribution is -2.70. The van der Waals surface area contributed by atoms with Gasteiger partial charge in [0.2, 0.25) is 5.91 Å². The monoisotopic (exact) mass is 252 g/mol. The molecule has 0 radical (unpaired) electrons. The largest absolute Gasteiger partial charge is 0.477 e. The van der Waals surface area contributed by atoms with Crippen LogP contribution in [0.2, 0.25) is 0 Å². The highest BCUT2D eigenvalue weighted by Crippen LogP contribution is 2.33. The number of carboxylic acids is 1. The van der Waals surface area contributed by atoms with E-state index in [1.807, 2.05) is 0 Å². The normalized spacial score (nSPS) is 26.4. The van der Waals surface area contributed by atoms with Gasteiger partial charge in [-0.3, -0.25) is 9.69 Å². The predicted molar refractivity (Wildman–Crippen MR) is 66.9 cm³/mol. The summed E-state index contributed by atoms with van der Waals surface area (Å²) in [5.41, 5.74) is 0.155. The van der Waals surface area contributed by atoms with Crippen molar-refractivity contribution >= 4 is 11.9 Å². The Morgan fingerprint density at radius 2 is 2.33 bits per heavy atom. The minimum atomic E-state index is -1.00. The molecule has 100 valence electrons. The molecule has 2 aliphatic heterocycles. The van der Waals surface area contributed by atoms with Crippen LogP contribution in [0, 0.1) is 0 Å². The van der Waals surface area contributed by atoms with Crippen LogP contribution in [-0.4, -0.2) is 40.5 Å². The van der Waals surface area contributed by atoms with Crippen molar-refractivity contribution in [1.82, 2.24) is 10.2 Å². The zero-order chi connectivity index (χ0) is 13.1. The number of aliphatic carboxylic acids is 1. The number of carboxylic acid groups (broad SMARTS) is 1. The predicted octanol–water partition coefficient (Wildman–Crippen LogP) is 1.11. The maximum atomic E-state index is 11.9. The van der Waals surface area contributed by atoms with E-state index >= 15 is 0 Å². The van der Waals surface area contributed by atoms with Gasteiger partial charge in [-0.2, -0.15) is 0 Å². The Labute approximate surface area is 107 Å². The molecule has 1 saturated heterocycles. The number of rotatable bonds is 6. The molecule has 0 bridgehead atoms. The zero-order valence-electron chi connectivity index (χ0n) is 10.7. The molecule has 1 fully saturated rings. The lowest BCUT2D eigenvalue weighted by atomic mass is 9.86. The SMILES string of the molecule is CCCCCN[C@@H]1C(=O)N2C(C(=O)O)=CCC[C@H]12. The molecular formula is C13H20N2O3. The highest BCUT2D eigenvalue weighted by Gasteiger charge is 2.50. The van der Waals surface area contributed by atoms with E-state index in [9.17, 15) is 9.59 Å². The van der Waals surface area contributed by atoms with Crippen molar-refractivity contribution in [3.8, 4) is 0 Å². The van der Waals surface area contributed by atoms with Crippen molar-refractivity contribution in [2.75, 3.05) is 6.54 Å². The highest BCUT2D eigenvalue weighted by atomic mass is 16.4. The molecule has 0 unspecified atom stereocenters. The number of amides is 1. The number of nitrogens with zero attached hydrogens (tertiary/aromatic N) is 1. The molecule has 2 atom stereocenters. The summed E-state index contributed by atoms with van der Waals surface area (Å²) in [5, 5.41) is 12.3. The molecule has 2 rings (SSSR count). The summed E-state index contributed by atoms with van der Waals surface area (Å²) in [6, 6.07) is -0.139. The van der Waals surface area contributed by atoms with Crippen LogP contribution in [0.3, 0.4) is 0 Å². The Kier molecular flexibility index (Phi) is 4.01. The van der Waals surface area contributed by atoms with Crippen LogP contribution >= 0.6 is 0 Å². The number of unbranched alkanes of at least 4 members (excludes halogenated alkanes) is 2. The van der Waals surface area contributed by atoms with Crippen molar-refractivity contribution < 1.29 is 14.7 Å². The van der Waals surface area contributed by atoms with Crippen molar-refractivity contribution in [2.24, 2.45) is 0 Å². The number of fused-ring (bicyclic) bond motifs is 1. The second kappa shape index (κ2) is 5.52. The molecule has 0 aromatic heterocycles. The van der Waals surface area contributed by atoms with Crippen LogP contribution in [-0.2, 0) is 9.59 Å². The van der Waals surface area contributed by atoms with Gasteiger partial charge in [0.15, 0.2) is 0 Å². The fraction of sp³-hybridized carbons (Fsp3) is 0.692. The Balaban J connectivity index is 1.90. The molecule has 5 heteroatoms. The molecule has 5 nitrogen and oxygen atoms in total. The second-order valence-electron chi connectivity index (χ2n) is 4.89. The Morgan fingerprint density at radius 3 is 3.00 bits per heavy atom. The number of carbonyl (C=O) groups excluding carboxylic acids is 1. The van der Waals surface area contributed by atoms with Crippen LogP contribution in [0.5, 0.6) is 0 Å². The number of allylic oxidation sites excluding steroid dienone is 1. The number of β-lactam (4-membered cyclic amide) rings is 1. The van der Waals surface area contributed by atoms with Crippen LogP contribution in [0.25, 0.3) is 0 Å². The van der Waals surface area contributed by atoms with Gasteiger partial charge in [0.25, 0.3) is 0 Å². The van der Waals surface area contributed by atoms with Gasteiger partial charge in [0.1, 0.15) is 11.7 Å². The van der Waals surface area contributed by atoms with Crippen LogP contribution < -0.4 is 5.32 Å². The Hall–Kier alpha value is -1.36. The average Bonchev–Trinajstić information content (AvgIpc) is 2.37. The summed E-state index contributed by atoms with van der Waals surface area (Å²) in [6.45, 7) is 2.97. The minimum absolute atomic E-state index is 0.0372. The second-order valence-corrected chi connectivity index (χ2v) is 4.89. The molecule has 0 saturated carbocycles. The first-order valence-corrected chi connectivity index (χ1v) is 6.66. The Morgan fingerprint density at radius 1 is 1.56 bits per heavy atom. The number of nitrogens with one attached hydrogen (secondary N) is 1. The van der Waals surface area contributed by atoms with Gasteiger partial charge in [-0.25, -0.2) is 4.79 Å². The fourth-order valence-electron chi connectivity index (χ4n) is 2.67. The third-order valence-electron chi connectivity index (χ3n) is 3.64. The van der Waals surface area contributed by atoms with Gasteiger partial charge in [0.05, 0.1) is 6.04 Å². The molecule has 0 aromatic rings. The summed E-state index contributed by atoms with van der Waals surface area (Å²) >= 11 is 0. The number of hydrogen-bond donors (Lipinski definition) is 2. The molecule has 1 amide bonds. The third kappa shape index (κ3) is 2.27. The zero-order valence-corrected chi connectivity index (χ0v) is 10.7. The van der Waals surface area contributed by atoms with E-state index in [2.05, 4.69) is 12.2 Å². The van der Waals surface area contributed by atoms with Gasteiger partial charge >= 0.3 is 5.97 Å². The molecule has 2 aliphatic rings. The van der Waals surface area contributed by atoms with Gasteiger partial charge in [0, 0.05) is 0 Å². The maximum absolute atomic E-state index is 11.9. The van der Waals surface area contributed by atoms with Crippen molar-refractivity contribution in [1.29, 1.82) is 0 Å². The maximum Gasteiger partial charge on any atom is 0.352 e. The lowest BCUT2D eigenvalue weighted by molar-refractivity contribution is -0.154. The topological polar surface area (TPSA) is 69.6 Å². The first-order valence-electron chi connectivity index (χ1n) is 6.66. The number of carbonyl (C=O) groups is 2. The van der Waals surface area contributed by atoms with E-state index in [0.29, 0.717) is 0 Å². The van der Waals surface area contributed by atoms with Crippen LogP contribution in [0.15, 0.2) is 11.8 Å². The van der Waals surface area contributed by atoms with Gasteiger partial charge in [-0.05, 0) is 25.8 Å². The summed E-state index contributed by atoms with van der Waals surface area (Å²) in [7, 11) is 0. The van der Waals surface area contributed by atoms with E-state index in [1.165, 1.54) is 4.90 Å². The van der Waals surface area contributed by atoms with E-state index in [-0.39, 0.29) is 23.7 Å². The van der Waals surface area contributed by atoms with Gasteiger partial charge in [-0.1, -0.05) is 25.8 Å². The molecular weight excluding hydrogens is 232 g/mol. The third-order valence-corrected chi connectivity index (χ3v) is 3.64. The average molecular weight is 252 g/mol. The molecule has 18 heavy (non-hydrogen) atoms.